The summed E-state index contributed by atoms with van der Waals surface area (Å²) in [4.78, 5) is 30.0. The van der Waals surface area contributed by atoms with Crippen molar-refractivity contribution in [2.24, 2.45) is 0 Å². The van der Waals surface area contributed by atoms with E-state index in [-0.39, 0.29) is 11.8 Å². The van der Waals surface area contributed by atoms with E-state index >= 15 is 0 Å². The van der Waals surface area contributed by atoms with Crippen molar-refractivity contribution in [1.82, 2.24) is 9.80 Å². The van der Waals surface area contributed by atoms with Gasteiger partial charge in [0.25, 0.3) is 11.8 Å². The first-order valence-corrected chi connectivity index (χ1v) is 9.16. The fraction of sp³-hybridized carbons (Fsp3) is 0.529. The zero-order valence-corrected chi connectivity index (χ0v) is 14.6. The van der Waals surface area contributed by atoms with Crippen molar-refractivity contribution in [2.75, 3.05) is 46.1 Å². The Morgan fingerprint density at radius 3 is 2.71 bits per heavy atom. The molecule has 2 amide bonds. The summed E-state index contributed by atoms with van der Waals surface area (Å²) in [6.45, 7) is 5.93. The summed E-state index contributed by atoms with van der Waals surface area (Å²) < 4.78 is 10.7. The summed E-state index contributed by atoms with van der Waals surface area (Å²) in [5.74, 6) is -0.387. The molecule has 130 valence electrons. The van der Waals surface area contributed by atoms with Crippen molar-refractivity contribution in [1.29, 1.82) is 0 Å². The third kappa shape index (κ3) is 3.38. The third-order valence-electron chi connectivity index (χ3n) is 4.11. The van der Waals surface area contributed by atoms with E-state index in [1.165, 1.54) is 16.2 Å². The monoisotopic (exact) mass is 350 g/mol. The van der Waals surface area contributed by atoms with E-state index in [9.17, 15) is 9.59 Å². The number of hydrogen-bond donors (Lipinski definition) is 0. The maximum absolute atomic E-state index is 12.9. The molecule has 0 aliphatic carbocycles. The second kappa shape index (κ2) is 7.92. The summed E-state index contributed by atoms with van der Waals surface area (Å²) in [5.41, 5.74) is 1.07. The molecular formula is C17H22N2O4S. The zero-order chi connectivity index (χ0) is 16.9. The van der Waals surface area contributed by atoms with Gasteiger partial charge < -0.3 is 14.4 Å². The molecule has 1 aromatic heterocycles. The van der Waals surface area contributed by atoms with E-state index in [0.717, 1.165) is 4.88 Å². The molecule has 0 atom stereocenters. The van der Waals surface area contributed by atoms with Gasteiger partial charge in [-0.1, -0.05) is 6.07 Å². The molecule has 3 heterocycles. The molecule has 24 heavy (non-hydrogen) atoms. The van der Waals surface area contributed by atoms with Crippen LogP contribution in [0.1, 0.15) is 18.2 Å². The number of rotatable bonds is 7. The lowest BCUT2D eigenvalue weighted by Gasteiger charge is -2.29. The predicted octanol–water partition coefficient (Wildman–Crippen LogP) is 1.59. The van der Waals surface area contributed by atoms with E-state index in [2.05, 4.69) is 0 Å². The highest BCUT2D eigenvalue weighted by atomic mass is 32.1. The van der Waals surface area contributed by atoms with Crippen LogP contribution >= 0.6 is 11.3 Å². The molecule has 0 N–H and O–H groups in total. The minimum atomic E-state index is -0.194. The van der Waals surface area contributed by atoms with Gasteiger partial charge in [-0.05, 0) is 24.8 Å². The SMILES string of the molecule is CCOCCCN1C(=O)C(c2cccs2)=C(N2CCOCC2)C1=O. The highest BCUT2D eigenvalue weighted by Crippen LogP contribution is 2.34. The highest BCUT2D eigenvalue weighted by Gasteiger charge is 2.41. The molecule has 0 aromatic carbocycles. The molecule has 7 heteroatoms. The Bertz CT molecular complexity index is 621. The van der Waals surface area contributed by atoms with Gasteiger partial charge in [0.05, 0.1) is 18.8 Å². The van der Waals surface area contributed by atoms with Crippen LogP contribution in [0.2, 0.25) is 0 Å². The first kappa shape index (κ1) is 17.1. The van der Waals surface area contributed by atoms with Crippen LogP contribution in [0.4, 0.5) is 0 Å². The van der Waals surface area contributed by atoms with Gasteiger partial charge in [-0.15, -0.1) is 11.3 Å². The number of carbonyl (C=O) groups excluding carboxylic acids is 2. The van der Waals surface area contributed by atoms with E-state index in [1.54, 1.807) is 0 Å². The van der Waals surface area contributed by atoms with Crippen LogP contribution in [0, 0.1) is 0 Å². The maximum atomic E-state index is 12.9. The van der Waals surface area contributed by atoms with E-state index in [1.807, 2.05) is 29.3 Å². The van der Waals surface area contributed by atoms with Crippen LogP contribution in [0.15, 0.2) is 23.2 Å². The molecule has 1 fully saturated rings. The molecular weight excluding hydrogens is 328 g/mol. The van der Waals surface area contributed by atoms with Crippen molar-refractivity contribution in [2.45, 2.75) is 13.3 Å². The topological polar surface area (TPSA) is 59.1 Å². The van der Waals surface area contributed by atoms with Crippen molar-refractivity contribution < 1.29 is 19.1 Å². The van der Waals surface area contributed by atoms with E-state index in [4.69, 9.17) is 9.47 Å². The number of nitrogens with zero attached hydrogens (tertiary/aromatic N) is 2. The number of morpholine rings is 1. The Kier molecular flexibility index (Phi) is 5.65. The Balaban J connectivity index is 1.84. The average molecular weight is 350 g/mol. The van der Waals surface area contributed by atoms with Crippen LogP contribution in [-0.4, -0.2) is 67.7 Å². The summed E-state index contributed by atoms with van der Waals surface area (Å²) in [5, 5.41) is 1.93. The van der Waals surface area contributed by atoms with Crippen LogP contribution in [0.5, 0.6) is 0 Å². The molecule has 2 aliphatic rings. The molecule has 6 nitrogen and oxygen atoms in total. The smallest absolute Gasteiger partial charge is 0.277 e. The number of imide groups is 1. The third-order valence-corrected chi connectivity index (χ3v) is 5.00. The second-order valence-corrected chi connectivity index (χ2v) is 6.56. The molecule has 0 radical (unpaired) electrons. The Hall–Kier alpha value is -1.70. The molecule has 0 bridgehead atoms. The molecule has 3 rings (SSSR count). The van der Waals surface area contributed by atoms with Gasteiger partial charge >= 0.3 is 0 Å². The Labute approximate surface area is 145 Å². The van der Waals surface area contributed by atoms with Gasteiger partial charge in [-0.3, -0.25) is 14.5 Å². The van der Waals surface area contributed by atoms with Crippen molar-refractivity contribution in [3.05, 3.63) is 28.1 Å². The minimum Gasteiger partial charge on any atom is -0.382 e. The fourth-order valence-corrected chi connectivity index (χ4v) is 3.72. The number of hydrogen-bond acceptors (Lipinski definition) is 6. The molecule has 1 aromatic rings. The number of amides is 2. The van der Waals surface area contributed by atoms with Gasteiger partial charge in [-0.25, -0.2) is 0 Å². The predicted molar refractivity (Wildman–Crippen MR) is 91.5 cm³/mol. The lowest BCUT2D eigenvalue weighted by atomic mass is 10.1. The highest BCUT2D eigenvalue weighted by molar-refractivity contribution is 7.11. The summed E-state index contributed by atoms with van der Waals surface area (Å²) in [6.07, 6.45) is 0.652. The summed E-state index contributed by atoms with van der Waals surface area (Å²) >= 11 is 1.49. The van der Waals surface area contributed by atoms with Crippen molar-refractivity contribution in [3.8, 4) is 0 Å². The summed E-state index contributed by atoms with van der Waals surface area (Å²) in [7, 11) is 0. The van der Waals surface area contributed by atoms with Crippen molar-refractivity contribution in [3.63, 3.8) is 0 Å². The van der Waals surface area contributed by atoms with Gasteiger partial charge in [0.1, 0.15) is 5.70 Å². The van der Waals surface area contributed by atoms with Crippen LogP contribution in [0.25, 0.3) is 5.57 Å². The van der Waals surface area contributed by atoms with Gasteiger partial charge in [0.15, 0.2) is 0 Å². The molecule has 2 aliphatic heterocycles. The van der Waals surface area contributed by atoms with Gasteiger partial charge in [0.2, 0.25) is 0 Å². The van der Waals surface area contributed by atoms with E-state index < -0.39 is 0 Å². The Morgan fingerprint density at radius 2 is 2.04 bits per heavy atom. The first-order chi connectivity index (χ1) is 11.7. The lowest BCUT2D eigenvalue weighted by Crippen LogP contribution is -2.40. The summed E-state index contributed by atoms with van der Waals surface area (Å²) in [6, 6.07) is 3.80. The second-order valence-electron chi connectivity index (χ2n) is 5.61. The molecule has 0 saturated carbocycles. The largest absolute Gasteiger partial charge is 0.382 e. The van der Waals surface area contributed by atoms with Crippen LogP contribution in [-0.2, 0) is 19.1 Å². The van der Waals surface area contributed by atoms with Gasteiger partial charge in [-0.2, -0.15) is 0 Å². The van der Waals surface area contributed by atoms with Crippen LogP contribution < -0.4 is 0 Å². The van der Waals surface area contributed by atoms with Gasteiger partial charge in [0, 0.05) is 37.7 Å². The first-order valence-electron chi connectivity index (χ1n) is 8.28. The average Bonchev–Trinajstić information content (AvgIpc) is 3.20. The standard InChI is InChI=1S/C17H22N2O4S/c1-2-22-9-4-6-19-16(20)14(13-5-3-12-24-13)15(17(19)21)18-7-10-23-11-8-18/h3,5,12H,2,4,6-11H2,1H3. The molecule has 0 spiro atoms. The minimum absolute atomic E-state index is 0.193. The maximum Gasteiger partial charge on any atom is 0.277 e. The fourth-order valence-electron chi connectivity index (χ4n) is 2.96. The van der Waals surface area contributed by atoms with Crippen molar-refractivity contribution >= 4 is 28.7 Å². The molecule has 1 saturated heterocycles. The number of carbonyl (C=O) groups is 2. The zero-order valence-electron chi connectivity index (χ0n) is 13.8. The molecule has 0 unspecified atom stereocenters. The quantitative estimate of drug-likeness (QED) is 0.552. The number of ether oxygens (including phenoxy) is 2. The Morgan fingerprint density at radius 1 is 1.25 bits per heavy atom. The lowest BCUT2D eigenvalue weighted by molar-refractivity contribution is -0.138. The van der Waals surface area contributed by atoms with Crippen LogP contribution in [0.3, 0.4) is 0 Å². The van der Waals surface area contributed by atoms with E-state index in [0.29, 0.717) is 63.8 Å². The normalized spacial score (nSPS) is 18.9. The number of thiophene rings is 1.